The fraction of sp³-hybridized carbons (Fsp3) is 0.357. The largest absolute Gasteiger partial charge is 0.319 e. The van der Waals surface area contributed by atoms with Crippen molar-refractivity contribution in [3.63, 3.8) is 0 Å². The molecule has 1 heterocycles. The molecular weight excluding hydrogens is 265 g/mol. The molecule has 3 nitrogen and oxygen atoms in total. The number of benzene rings is 1. The Morgan fingerprint density at radius 2 is 2.00 bits per heavy atom. The molecule has 1 aromatic carbocycles. The molecule has 2 N–H and O–H groups in total. The molecule has 0 aliphatic rings. The third-order valence-electron chi connectivity index (χ3n) is 2.99. The first-order valence-corrected chi connectivity index (χ1v) is 6.53. The van der Waals surface area contributed by atoms with Crippen molar-refractivity contribution in [3.8, 4) is 0 Å². The van der Waals surface area contributed by atoms with Gasteiger partial charge in [-0.05, 0) is 44.0 Å². The first-order chi connectivity index (χ1) is 8.90. The van der Waals surface area contributed by atoms with Crippen LogP contribution in [0.3, 0.4) is 0 Å². The van der Waals surface area contributed by atoms with E-state index in [0.29, 0.717) is 16.3 Å². The maximum Gasteiger partial charge on any atom is 0.123 e. The second-order valence-electron chi connectivity index (χ2n) is 4.96. The van der Waals surface area contributed by atoms with E-state index in [1.54, 1.807) is 10.9 Å². The number of nitrogens with two attached hydrogens (primary N) is 1. The Labute approximate surface area is 117 Å². The van der Waals surface area contributed by atoms with Crippen LogP contribution in [0.25, 0.3) is 0 Å². The van der Waals surface area contributed by atoms with Crippen LogP contribution in [0.15, 0.2) is 24.4 Å². The molecule has 0 spiro atoms. The molecule has 0 bridgehead atoms. The lowest BCUT2D eigenvalue weighted by Gasteiger charge is -2.18. The van der Waals surface area contributed by atoms with E-state index in [0.717, 1.165) is 5.56 Å². The summed E-state index contributed by atoms with van der Waals surface area (Å²) >= 11 is 6.16. The Kier molecular flexibility index (Phi) is 3.92. The second kappa shape index (κ2) is 5.31. The third kappa shape index (κ3) is 2.80. The van der Waals surface area contributed by atoms with Gasteiger partial charge in [0.1, 0.15) is 5.82 Å². The van der Waals surface area contributed by atoms with Crippen LogP contribution >= 0.6 is 11.6 Å². The third-order valence-corrected chi connectivity index (χ3v) is 3.29. The molecule has 0 saturated carbocycles. The number of aromatic nitrogens is 2. The van der Waals surface area contributed by atoms with E-state index < -0.39 is 6.04 Å². The van der Waals surface area contributed by atoms with Crippen molar-refractivity contribution in [1.29, 1.82) is 0 Å². The van der Waals surface area contributed by atoms with Crippen molar-refractivity contribution in [1.82, 2.24) is 9.78 Å². The van der Waals surface area contributed by atoms with Crippen LogP contribution in [0.4, 0.5) is 4.39 Å². The fourth-order valence-corrected chi connectivity index (χ4v) is 2.40. The maximum absolute atomic E-state index is 13.5. The smallest absolute Gasteiger partial charge is 0.123 e. The van der Waals surface area contributed by atoms with E-state index >= 15 is 0 Å². The lowest BCUT2D eigenvalue weighted by atomic mass is 10.0. The van der Waals surface area contributed by atoms with Gasteiger partial charge in [-0.15, -0.1) is 0 Å². The Bertz CT molecular complexity index is 572. The predicted octanol–water partition coefficient (Wildman–Crippen LogP) is 3.61. The monoisotopic (exact) mass is 281 g/mol. The maximum atomic E-state index is 13.5. The Hall–Kier alpha value is -1.39. The molecule has 0 fully saturated rings. The quantitative estimate of drug-likeness (QED) is 0.934. The number of aryl methyl sites for hydroxylation is 1. The van der Waals surface area contributed by atoms with Gasteiger partial charge < -0.3 is 5.73 Å². The summed E-state index contributed by atoms with van der Waals surface area (Å²) in [6.07, 6.45) is 1.57. The zero-order valence-electron chi connectivity index (χ0n) is 11.2. The van der Waals surface area contributed by atoms with Crippen molar-refractivity contribution < 1.29 is 4.39 Å². The molecular formula is C14H17ClFN3. The van der Waals surface area contributed by atoms with Crippen LogP contribution in [0, 0.1) is 12.7 Å². The van der Waals surface area contributed by atoms with Crippen molar-refractivity contribution >= 4 is 11.6 Å². The highest BCUT2D eigenvalue weighted by Crippen LogP contribution is 2.29. The van der Waals surface area contributed by atoms with Crippen LogP contribution in [0.5, 0.6) is 0 Å². The summed E-state index contributed by atoms with van der Waals surface area (Å²) in [5, 5.41) is 4.72. The van der Waals surface area contributed by atoms with Crippen molar-refractivity contribution in [2.75, 3.05) is 0 Å². The molecule has 2 rings (SSSR count). The van der Waals surface area contributed by atoms with Gasteiger partial charge in [0, 0.05) is 6.04 Å². The number of halogens is 2. The number of rotatable bonds is 3. The number of nitrogens with zero attached hydrogens (tertiary/aromatic N) is 2. The summed E-state index contributed by atoms with van der Waals surface area (Å²) in [6.45, 7) is 5.83. The average Bonchev–Trinajstić information content (AvgIpc) is 2.69. The van der Waals surface area contributed by atoms with Crippen LogP contribution in [0.2, 0.25) is 5.02 Å². The van der Waals surface area contributed by atoms with Crippen LogP contribution in [-0.4, -0.2) is 9.78 Å². The molecule has 1 aromatic heterocycles. The minimum Gasteiger partial charge on any atom is -0.319 e. The molecule has 0 aliphatic carbocycles. The van der Waals surface area contributed by atoms with E-state index in [9.17, 15) is 4.39 Å². The van der Waals surface area contributed by atoms with Gasteiger partial charge in [-0.1, -0.05) is 17.7 Å². The van der Waals surface area contributed by atoms with Gasteiger partial charge in [0.2, 0.25) is 0 Å². The normalized spacial score (nSPS) is 13.0. The molecule has 0 amide bonds. The second-order valence-corrected chi connectivity index (χ2v) is 5.36. The van der Waals surface area contributed by atoms with Gasteiger partial charge in [0.05, 0.1) is 23.0 Å². The average molecular weight is 282 g/mol. The molecule has 102 valence electrons. The van der Waals surface area contributed by atoms with Crippen molar-refractivity contribution in [2.45, 2.75) is 32.9 Å². The minimum atomic E-state index is -0.494. The van der Waals surface area contributed by atoms with Crippen LogP contribution in [-0.2, 0) is 0 Å². The highest BCUT2D eigenvalue weighted by atomic mass is 35.5. The van der Waals surface area contributed by atoms with Gasteiger partial charge in [0.15, 0.2) is 0 Å². The van der Waals surface area contributed by atoms with Gasteiger partial charge in [0.25, 0.3) is 0 Å². The molecule has 0 aliphatic heterocycles. The summed E-state index contributed by atoms with van der Waals surface area (Å²) in [5.74, 6) is -0.294. The first-order valence-electron chi connectivity index (χ1n) is 6.15. The molecule has 1 unspecified atom stereocenters. The zero-order chi connectivity index (χ0) is 14.2. The summed E-state index contributed by atoms with van der Waals surface area (Å²) in [6, 6.07) is 4.42. The number of hydrogen-bond acceptors (Lipinski definition) is 2. The lowest BCUT2D eigenvalue weighted by molar-refractivity contribution is 0.498. The van der Waals surface area contributed by atoms with E-state index in [2.05, 4.69) is 5.10 Å². The highest BCUT2D eigenvalue weighted by molar-refractivity contribution is 6.31. The topological polar surface area (TPSA) is 43.8 Å². The molecule has 0 saturated heterocycles. The van der Waals surface area contributed by atoms with E-state index in [-0.39, 0.29) is 11.9 Å². The van der Waals surface area contributed by atoms with Crippen LogP contribution in [0.1, 0.15) is 42.8 Å². The summed E-state index contributed by atoms with van der Waals surface area (Å²) in [5.41, 5.74) is 8.46. The molecule has 0 radical (unpaired) electrons. The lowest BCUT2D eigenvalue weighted by Crippen LogP contribution is -2.19. The molecule has 2 aromatic rings. The Morgan fingerprint density at radius 3 is 2.58 bits per heavy atom. The van der Waals surface area contributed by atoms with E-state index in [1.807, 2.05) is 26.8 Å². The minimum absolute atomic E-state index is 0.142. The Balaban J connectivity index is 2.49. The van der Waals surface area contributed by atoms with E-state index in [1.165, 1.54) is 12.1 Å². The van der Waals surface area contributed by atoms with Gasteiger partial charge in [-0.2, -0.15) is 5.10 Å². The molecule has 19 heavy (non-hydrogen) atoms. The Morgan fingerprint density at radius 1 is 1.32 bits per heavy atom. The van der Waals surface area contributed by atoms with Gasteiger partial charge in [-0.3, -0.25) is 4.68 Å². The summed E-state index contributed by atoms with van der Waals surface area (Å²) < 4.78 is 15.2. The van der Waals surface area contributed by atoms with Gasteiger partial charge >= 0.3 is 0 Å². The molecule has 1 atom stereocenters. The fourth-order valence-electron chi connectivity index (χ4n) is 2.16. The van der Waals surface area contributed by atoms with E-state index in [4.69, 9.17) is 17.3 Å². The summed E-state index contributed by atoms with van der Waals surface area (Å²) in [7, 11) is 0. The highest BCUT2D eigenvalue weighted by Gasteiger charge is 2.20. The summed E-state index contributed by atoms with van der Waals surface area (Å²) in [4.78, 5) is 0. The number of hydrogen-bond donors (Lipinski definition) is 1. The van der Waals surface area contributed by atoms with Crippen LogP contribution < -0.4 is 5.73 Å². The van der Waals surface area contributed by atoms with Crippen molar-refractivity contribution in [3.05, 3.63) is 52.1 Å². The van der Waals surface area contributed by atoms with Crippen molar-refractivity contribution in [2.24, 2.45) is 5.73 Å². The van der Waals surface area contributed by atoms with Gasteiger partial charge in [-0.25, -0.2) is 4.39 Å². The molecule has 5 heteroatoms. The zero-order valence-corrected chi connectivity index (χ0v) is 11.9. The predicted molar refractivity (Wildman–Crippen MR) is 74.8 cm³/mol. The first kappa shape index (κ1) is 14.0. The standard InChI is InChI=1S/C14H17ClFN3/c1-8(2)19-14(12(15)7-18-19)13(17)10-4-9(3)5-11(16)6-10/h4-8,13H,17H2,1-3H3. The SMILES string of the molecule is Cc1cc(F)cc(C(N)c2c(Cl)cnn2C(C)C)c1.